The molecule has 3 N–H and O–H groups in total. The van der Waals surface area contributed by atoms with Gasteiger partial charge in [-0.05, 0) is 48.6 Å². The van der Waals surface area contributed by atoms with E-state index in [2.05, 4.69) is 0 Å². The number of aromatic nitrogens is 2. The molecule has 0 amide bonds. The molecule has 3 aromatic carbocycles. The maximum absolute atomic E-state index is 14.7. The summed E-state index contributed by atoms with van der Waals surface area (Å²) >= 11 is 6.28. The minimum Gasteiger partial charge on any atom is -0.481 e. The van der Waals surface area contributed by atoms with E-state index in [0.29, 0.717) is 24.1 Å². The lowest BCUT2D eigenvalue weighted by Crippen LogP contribution is -2.44. The number of aryl methyl sites for hydroxylation is 1. The number of carboxylic acids is 1. The lowest BCUT2D eigenvalue weighted by atomic mass is 9.99. The van der Waals surface area contributed by atoms with Crippen LogP contribution in [0.5, 0.6) is 0 Å². The van der Waals surface area contributed by atoms with E-state index in [1.807, 2.05) is 42.5 Å². The molecule has 0 saturated carbocycles. The minimum atomic E-state index is -0.876. The van der Waals surface area contributed by atoms with E-state index in [1.54, 1.807) is 25.1 Å². The Morgan fingerprint density at radius 1 is 1.03 bits per heavy atom. The summed E-state index contributed by atoms with van der Waals surface area (Å²) in [5.41, 5.74) is 8.23. The van der Waals surface area contributed by atoms with Crippen LogP contribution in [0.15, 0.2) is 82.4 Å². The average Bonchev–Trinajstić information content (AvgIpc) is 2.91. The van der Waals surface area contributed by atoms with E-state index in [0.717, 1.165) is 15.7 Å². The molecular weight excluding hydrogens is 521 g/mol. The number of rotatable bonds is 10. The van der Waals surface area contributed by atoms with Crippen LogP contribution in [0.3, 0.4) is 0 Å². The maximum Gasteiger partial charge on any atom is 0.331 e. The highest BCUT2D eigenvalue weighted by Gasteiger charge is 2.21. The fourth-order valence-electron chi connectivity index (χ4n) is 4.65. The number of nitrogens with zero attached hydrogens (tertiary/aromatic N) is 2. The van der Waals surface area contributed by atoms with E-state index in [4.69, 9.17) is 22.4 Å². The number of nitrogens with two attached hydrogens (primary N) is 1. The van der Waals surface area contributed by atoms with Crippen LogP contribution in [0.1, 0.15) is 41.3 Å². The lowest BCUT2D eigenvalue weighted by Gasteiger charge is -2.20. The third-order valence-electron chi connectivity index (χ3n) is 6.74. The summed E-state index contributed by atoms with van der Waals surface area (Å²) in [6.45, 7) is 1.38. The molecule has 0 saturated heterocycles. The van der Waals surface area contributed by atoms with Gasteiger partial charge in [0.15, 0.2) is 0 Å². The van der Waals surface area contributed by atoms with Crippen molar-refractivity contribution >= 4 is 17.6 Å². The third kappa shape index (κ3) is 6.35. The van der Waals surface area contributed by atoms with Crippen LogP contribution in [0.4, 0.5) is 4.39 Å². The molecule has 0 spiro atoms. The van der Waals surface area contributed by atoms with Crippen molar-refractivity contribution in [3.8, 4) is 11.1 Å². The Balaban J connectivity index is 1.86. The van der Waals surface area contributed by atoms with Gasteiger partial charge in [0, 0.05) is 28.7 Å². The molecule has 9 heteroatoms. The van der Waals surface area contributed by atoms with Crippen molar-refractivity contribution in [2.45, 2.75) is 45.3 Å². The van der Waals surface area contributed by atoms with Gasteiger partial charge in [0.1, 0.15) is 5.82 Å². The summed E-state index contributed by atoms with van der Waals surface area (Å²) in [6, 6.07) is 20.0. The Bertz CT molecular complexity index is 1600. The van der Waals surface area contributed by atoms with E-state index < -0.39 is 29.1 Å². The molecule has 1 heterocycles. The molecule has 4 aromatic rings. The number of carboxylic acid groups (broad SMARTS) is 1. The van der Waals surface area contributed by atoms with E-state index in [9.17, 15) is 18.8 Å². The maximum atomic E-state index is 14.7. The fraction of sp³-hybridized carbons (Fsp3) is 0.233. The van der Waals surface area contributed by atoms with Gasteiger partial charge in [-0.2, -0.15) is 0 Å². The molecule has 0 bridgehead atoms. The van der Waals surface area contributed by atoms with Crippen molar-refractivity contribution in [3.63, 3.8) is 0 Å². The molecule has 4 rings (SSSR count). The molecule has 1 atom stereocenters. The topological polar surface area (TPSA) is 107 Å². The second kappa shape index (κ2) is 12.2. The quantitative estimate of drug-likeness (QED) is 0.291. The molecule has 0 fully saturated rings. The first-order chi connectivity index (χ1) is 18.7. The molecule has 1 aromatic heterocycles. The summed E-state index contributed by atoms with van der Waals surface area (Å²) in [7, 11) is 0. The van der Waals surface area contributed by atoms with Crippen molar-refractivity contribution in [3.05, 3.63) is 127 Å². The van der Waals surface area contributed by atoms with Crippen LogP contribution in [0.25, 0.3) is 11.1 Å². The SMILES string of the molecule is Cc1c(-c2cccc(CCCC(=O)O)c2)c(=O)n(C[C@H](N)c2ccccc2)c(=O)n1Cc1c(F)cccc1Cl. The molecule has 7 nitrogen and oxygen atoms in total. The van der Waals surface area contributed by atoms with Gasteiger partial charge in [-0.3, -0.25) is 18.7 Å². The zero-order chi connectivity index (χ0) is 28.1. The van der Waals surface area contributed by atoms with Crippen molar-refractivity contribution in [1.29, 1.82) is 0 Å². The van der Waals surface area contributed by atoms with Gasteiger partial charge in [0.25, 0.3) is 5.56 Å². The fourth-order valence-corrected chi connectivity index (χ4v) is 4.87. The Morgan fingerprint density at radius 2 is 1.74 bits per heavy atom. The Kier molecular flexibility index (Phi) is 8.79. The Labute approximate surface area is 229 Å². The van der Waals surface area contributed by atoms with Crippen molar-refractivity contribution in [2.75, 3.05) is 0 Å². The molecule has 202 valence electrons. The first-order valence-corrected chi connectivity index (χ1v) is 12.9. The van der Waals surface area contributed by atoms with Gasteiger partial charge < -0.3 is 10.8 Å². The first-order valence-electron chi connectivity index (χ1n) is 12.6. The predicted octanol–water partition coefficient (Wildman–Crippen LogP) is 4.93. The lowest BCUT2D eigenvalue weighted by molar-refractivity contribution is -0.137. The monoisotopic (exact) mass is 549 g/mol. The zero-order valence-electron chi connectivity index (χ0n) is 21.4. The van der Waals surface area contributed by atoms with E-state index in [1.165, 1.54) is 16.7 Å². The number of hydrogen-bond donors (Lipinski definition) is 2. The summed E-state index contributed by atoms with van der Waals surface area (Å²) in [5.74, 6) is -1.44. The normalized spacial score (nSPS) is 11.9. The van der Waals surface area contributed by atoms with Crippen LogP contribution in [0.2, 0.25) is 5.02 Å². The minimum absolute atomic E-state index is 0.0295. The number of aliphatic carboxylic acids is 1. The van der Waals surface area contributed by atoms with Gasteiger partial charge in [-0.25, -0.2) is 9.18 Å². The molecular formula is C30H29ClFN3O4. The second-order valence-corrected chi connectivity index (χ2v) is 9.82. The molecule has 0 aliphatic rings. The molecule has 0 aliphatic carbocycles. The van der Waals surface area contributed by atoms with Crippen LogP contribution in [0, 0.1) is 12.7 Å². The number of halogens is 2. The summed E-state index contributed by atoms with van der Waals surface area (Å²) in [6.07, 6.45) is 0.984. The summed E-state index contributed by atoms with van der Waals surface area (Å²) in [5, 5.41) is 9.14. The van der Waals surface area contributed by atoms with Crippen LogP contribution in [-0.2, 0) is 24.3 Å². The number of carbonyl (C=O) groups is 1. The first kappa shape index (κ1) is 28.0. The highest BCUT2D eigenvalue weighted by atomic mass is 35.5. The Hall–Kier alpha value is -4.01. The van der Waals surface area contributed by atoms with Gasteiger partial charge >= 0.3 is 11.7 Å². The average molecular weight is 550 g/mol. The molecule has 0 unspecified atom stereocenters. The highest BCUT2D eigenvalue weighted by molar-refractivity contribution is 6.31. The summed E-state index contributed by atoms with van der Waals surface area (Å²) in [4.78, 5) is 38.5. The van der Waals surface area contributed by atoms with Gasteiger partial charge in [-0.15, -0.1) is 0 Å². The van der Waals surface area contributed by atoms with Crippen molar-refractivity contribution in [2.24, 2.45) is 5.73 Å². The number of hydrogen-bond acceptors (Lipinski definition) is 4. The molecule has 39 heavy (non-hydrogen) atoms. The van der Waals surface area contributed by atoms with Crippen LogP contribution >= 0.6 is 11.6 Å². The van der Waals surface area contributed by atoms with Gasteiger partial charge in [0.2, 0.25) is 0 Å². The third-order valence-corrected chi connectivity index (χ3v) is 7.10. The highest BCUT2D eigenvalue weighted by Crippen LogP contribution is 2.24. The molecule has 0 radical (unpaired) electrons. The number of benzene rings is 3. The molecule has 0 aliphatic heterocycles. The smallest absolute Gasteiger partial charge is 0.331 e. The van der Waals surface area contributed by atoms with E-state index >= 15 is 0 Å². The van der Waals surface area contributed by atoms with Gasteiger partial charge in [-0.1, -0.05) is 72.3 Å². The van der Waals surface area contributed by atoms with Gasteiger partial charge in [0.05, 0.1) is 18.7 Å². The predicted molar refractivity (Wildman–Crippen MR) is 150 cm³/mol. The van der Waals surface area contributed by atoms with Crippen molar-refractivity contribution < 1.29 is 14.3 Å². The zero-order valence-corrected chi connectivity index (χ0v) is 22.2. The standard InChI is InChI=1S/C30H29ClFN3O4/c1-19-28(22-12-5-8-20(16-22)9-6-15-27(36)37)29(38)35(18-26(33)21-10-3-2-4-11-21)30(39)34(19)17-23-24(31)13-7-14-25(23)32/h2-5,7-8,10-14,16,26H,6,9,15,17-18,33H2,1H3,(H,36,37)/t26-/m0/s1. The summed E-state index contributed by atoms with van der Waals surface area (Å²) < 4.78 is 17.2. The van der Waals surface area contributed by atoms with Crippen molar-refractivity contribution in [1.82, 2.24) is 9.13 Å². The largest absolute Gasteiger partial charge is 0.481 e. The van der Waals surface area contributed by atoms with Crippen LogP contribution < -0.4 is 17.0 Å². The van der Waals surface area contributed by atoms with E-state index in [-0.39, 0.29) is 35.7 Å². The Morgan fingerprint density at radius 3 is 2.44 bits per heavy atom. The van der Waals surface area contributed by atoms with Crippen LogP contribution in [-0.4, -0.2) is 20.2 Å². The second-order valence-electron chi connectivity index (χ2n) is 9.41.